The molecule has 4 heteroatoms. The lowest BCUT2D eigenvalue weighted by atomic mass is 10.1. The molecule has 0 amide bonds. The van der Waals surface area contributed by atoms with Crippen LogP contribution in [0.4, 0.5) is 0 Å². The number of likely N-dealkylation sites (N-methyl/N-ethyl adjacent to an activating group) is 1. The minimum Gasteiger partial charge on any atom is -0.490 e. The molecule has 21 heavy (non-hydrogen) atoms. The van der Waals surface area contributed by atoms with E-state index in [-0.39, 0.29) is 0 Å². The van der Waals surface area contributed by atoms with Crippen LogP contribution in [0.5, 0.6) is 11.5 Å². The number of benzene rings is 1. The molecular formula is C17H28N2O2. The standard InChI is InChI=1S/C17H28N2O2/c1-4-9-18-15(13-19(3)5-2)14-7-8-16-17(12-14)21-11-6-10-20-16/h7-8,12,15,18H,4-6,9-11,13H2,1-3H3. The van der Waals surface area contributed by atoms with Crippen LogP contribution in [0, 0.1) is 0 Å². The Labute approximate surface area is 128 Å². The zero-order valence-electron chi connectivity index (χ0n) is 13.5. The predicted molar refractivity (Wildman–Crippen MR) is 86.3 cm³/mol. The van der Waals surface area contributed by atoms with E-state index in [4.69, 9.17) is 9.47 Å². The fraction of sp³-hybridized carbons (Fsp3) is 0.647. The maximum atomic E-state index is 5.81. The van der Waals surface area contributed by atoms with Gasteiger partial charge in [0.1, 0.15) is 0 Å². The van der Waals surface area contributed by atoms with Gasteiger partial charge in [-0.25, -0.2) is 0 Å². The number of ether oxygens (including phenoxy) is 2. The Bertz CT molecular complexity index is 437. The maximum Gasteiger partial charge on any atom is 0.161 e. The van der Waals surface area contributed by atoms with Gasteiger partial charge in [-0.05, 0) is 44.3 Å². The van der Waals surface area contributed by atoms with Crippen molar-refractivity contribution in [2.24, 2.45) is 0 Å². The largest absolute Gasteiger partial charge is 0.490 e. The zero-order chi connectivity index (χ0) is 15.1. The van der Waals surface area contributed by atoms with Crippen molar-refractivity contribution >= 4 is 0 Å². The summed E-state index contributed by atoms with van der Waals surface area (Å²) in [5.41, 5.74) is 1.27. The fourth-order valence-electron chi connectivity index (χ4n) is 2.44. The minimum atomic E-state index is 0.326. The molecule has 2 rings (SSSR count). The van der Waals surface area contributed by atoms with Gasteiger partial charge in [0, 0.05) is 19.0 Å². The van der Waals surface area contributed by atoms with Crippen LogP contribution < -0.4 is 14.8 Å². The van der Waals surface area contributed by atoms with E-state index in [0.29, 0.717) is 6.04 Å². The smallest absolute Gasteiger partial charge is 0.161 e. The second-order valence-electron chi connectivity index (χ2n) is 5.62. The van der Waals surface area contributed by atoms with Crippen LogP contribution in [-0.2, 0) is 0 Å². The van der Waals surface area contributed by atoms with E-state index in [1.165, 1.54) is 5.56 Å². The normalized spacial score (nSPS) is 15.8. The summed E-state index contributed by atoms with van der Waals surface area (Å²) in [5, 5.41) is 3.64. The van der Waals surface area contributed by atoms with Crippen molar-refractivity contribution in [2.45, 2.75) is 32.7 Å². The molecule has 1 heterocycles. The molecule has 1 aliphatic rings. The molecule has 1 unspecified atom stereocenters. The van der Waals surface area contributed by atoms with Crippen molar-refractivity contribution in [2.75, 3.05) is 39.9 Å². The van der Waals surface area contributed by atoms with Gasteiger partial charge in [-0.3, -0.25) is 0 Å². The average Bonchev–Trinajstić information content (AvgIpc) is 2.75. The Morgan fingerprint density at radius 1 is 1.19 bits per heavy atom. The summed E-state index contributed by atoms with van der Waals surface area (Å²) in [7, 11) is 2.16. The van der Waals surface area contributed by atoms with Gasteiger partial charge in [0.05, 0.1) is 13.2 Å². The lowest BCUT2D eigenvalue weighted by molar-refractivity contribution is 0.296. The Kier molecular flexibility index (Phi) is 6.33. The van der Waals surface area contributed by atoms with E-state index < -0.39 is 0 Å². The first-order valence-electron chi connectivity index (χ1n) is 8.06. The number of fused-ring (bicyclic) bond motifs is 1. The van der Waals surface area contributed by atoms with Gasteiger partial charge in [-0.15, -0.1) is 0 Å². The molecule has 4 nitrogen and oxygen atoms in total. The Morgan fingerprint density at radius 3 is 2.67 bits per heavy atom. The summed E-state index contributed by atoms with van der Waals surface area (Å²) in [4.78, 5) is 2.33. The third-order valence-electron chi connectivity index (χ3n) is 3.85. The van der Waals surface area contributed by atoms with Crippen molar-refractivity contribution in [1.82, 2.24) is 10.2 Å². The van der Waals surface area contributed by atoms with Crippen molar-refractivity contribution < 1.29 is 9.47 Å². The Morgan fingerprint density at radius 2 is 1.95 bits per heavy atom. The topological polar surface area (TPSA) is 33.7 Å². The van der Waals surface area contributed by atoms with Crippen LogP contribution in [0.25, 0.3) is 0 Å². The van der Waals surface area contributed by atoms with Gasteiger partial charge in [0.15, 0.2) is 11.5 Å². The lowest BCUT2D eigenvalue weighted by Gasteiger charge is -2.25. The highest BCUT2D eigenvalue weighted by Crippen LogP contribution is 2.32. The van der Waals surface area contributed by atoms with E-state index in [1.807, 2.05) is 6.07 Å². The second-order valence-corrected chi connectivity index (χ2v) is 5.62. The molecule has 1 aliphatic heterocycles. The first-order chi connectivity index (χ1) is 10.2. The highest BCUT2D eigenvalue weighted by atomic mass is 16.5. The van der Waals surface area contributed by atoms with Gasteiger partial charge in [0.25, 0.3) is 0 Å². The fourth-order valence-corrected chi connectivity index (χ4v) is 2.44. The molecule has 0 fully saturated rings. The maximum absolute atomic E-state index is 5.81. The quantitative estimate of drug-likeness (QED) is 0.838. The molecule has 118 valence electrons. The molecular weight excluding hydrogens is 264 g/mol. The number of hydrogen-bond acceptors (Lipinski definition) is 4. The SMILES string of the molecule is CCCNC(CN(C)CC)c1ccc2c(c1)OCCCO2. The molecule has 1 atom stereocenters. The van der Waals surface area contributed by atoms with E-state index in [1.54, 1.807) is 0 Å². The number of hydrogen-bond donors (Lipinski definition) is 1. The molecule has 0 saturated carbocycles. The van der Waals surface area contributed by atoms with Crippen LogP contribution in [0.15, 0.2) is 18.2 Å². The summed E-state index contributed by atoms with van der Waals surface area (Å²) in [5.74, 6) is 1.75. The van der Waals surface area contributed by atoms with Crippen molar-refractivity contribution in [3.05, 3.63) is 23.8 Å². The average molecular weight is 292 g/mol. The molecule has 1 aromatic rings. The van der Waals surface area contributed by atoms with E-state index in [9.17, 15) is 0 Å². The summed E-state index contributed by atoms with van der Waals surface area (Å²) in [6, 6.07) is 6.66. The molecule has 0 bridgehead atoms. The minimum absolute atomic E-state index is 0.326. The summed E-state index contributed by atoms with van der Waals surface area (Å²) in [6.45, 7) is 8.93. The number of nitrogens with zero attached hydrogens (tertiary/aromatic N) is 1. The van der Waals surface area contributed by atoms with Crippen LogP contribution in [0.2, 0.25) is 0 Å². The molecule has 0 radical (unpaired) electrons. The summed E-state index contributed by atoms with van der Waals surface area (Å²) < 4.78 is 11.5. The van der Waals surface area contributed by atoms with Gasteiger partial charge in [-0.2, -0.15) is 0 Å². The Hall–Kier alpha value is -1.26. The van der Waals surface area contributed by atoms with Gasteiger partial charge in [-0.1, -0.05) is 19.9 Å². The Balaban J connectivity index is 2.16. The van der Waals surface area contributed by atoms with Gasteiger partial charge in [0.2, 0.25) is 0 Å². The third-order valence-corrected chi connectivity index (χ3v) is 3.85. The molecule has 0 aromatic heterocycles. The molecule has 1 aromatic carbocycles. The second kappa shape index (κ2) is 8.25. The van der Waals surface area contributed by atoms with Crippen molar-refractivity contribution in [1.29, 1.82) is 0 Å². The highest BCUT2D eigenvalue weighted by Gasteiger charge is 2.17. The third kappa shape index (κ3) is 4.61. The van der Waals surface area contributed by atoms with Gasteiger partial charge >= 0.3 is 0 Å². The summed E-state index contributed by atoms with van der Waals surface area (Å²) >= 11 is 0. The zero-order valence-corrected chi connectivity index (χ0v) is 13.5. The molecule has 1 N–H and O–H groups in total. The number of nitrogens with one attached hydrogen (secondary N) is 1. The van der Waals surface area contributed by atoms with E-state index in [0.717, 1.165) is 57.2 Å². The number of rotatable bonds is 7. The summed E-state index contributed by atoms with van der Waals surface area (Å²) in [6.07, 6.45) is 2.08. The first kappa shape index (κ1) is 16.1. The predicted octanol–water partition coefficient (Wildman–Crippen LogP) is 2.84. The van der Waals surface area contributed by atoms with Crippen LogP contribution in [-0.4, -0.2) is 44.8 Å². The monoisotopic (exact) mass is 292 g/mol. The molecule has 0 aliphatic carbocycles. The lowest BCUT2D eigenvalue weighted by Crippen LogP contribution is -2.33. The van der Waals surface area contributed by atoms with Crippen LogP contribution in [0.3, 0.4) is 0 Å². The van der Waals surface area contributed by atoms with Crippen LogP contribution >= 0.6 is 0 Å². The first-order valence-corrected chi connectivity index (χ1v) is 8.06. The molecule has 0 saturated heterocycles. The van der Waals surface area contributed by atoms with Crippen LogP contribution in [0.1, 0.15) is 38.3 Å². The van der Waals surface area contributed by atoms with Crippen molar-refractivity contribution in [3.63, 3.8) is 0 Å². The van der Waals surface area contributed by atoms with E-state index in [2.05, 4.69) is 43.2 Å². The van der Waals surface area contributed by atoms with Crippen molar-refractivity contribution in [3.8, 4) is 11.5 Å². The van der Waals surface area contributed by atoms with E-state index >= 15 is 0 Å². The highest BCUT2D eigenvalue weighted by molar-refractivity contribution is 5.44. The molecule has 0 spiro atoms. The van der Waals surface area contributed by atoms with Gasteiger partial charge < -0.3 is 19.7 Å².